The third-order valence-electron chi connectivity index (χ3n) is 1.04. The van der Waals surface area contributed by atoms with Crippen LogP contribution in [0.3, 0.4) is 0 Å². The molecule has 0 bridgehead atoms. The molecule has 0 aromatic rings. The molecule has 1 aliphatic heterocycles. The zero-order chi connectivity index (χ0) is 7.40. The number of carbonyl (C=O) groups excluding carboxylic acids is 1. The minimum absolute atomic E-state index is 0.365. The predicted octanol–water partition coefficient (Wildman–Crippen LogP) is 0.617. The monoisotopic (exact) mass is 152 g/mol. The summed E-state index contributed by atoms with van der Waals surface area (Å²) in [5.74, 6) is 0. The fourth-order valence-electron chi connectivity index (χ4n) is 0.584. The van der Waals surface area contributed by atoms with Crippen molar-refractivity contribution in [1.82, 2.24) is 5.32 Å². The van der Waals surface area contributed by atoms with Crippen LogP contribution in [0.4, 0.5) is 0 Å². The highest BCUT2D eigenvalue weighted by atomic mass is 32.1. The van der Waals surface area contributed by atoms with Gasteiger partial charge in [0.25, 0.3) is 0 Å². The summed E-state index contributed by atoms with van der Waals surface area (Å²) in [6.45, 7) is 0. The lowest BCUT2D eigenvalue weighted by molar-refractivity contribution is -0.108. The van der Waals surface area contributed by atoms with E-state index in [1.807, 2.05) is 6.08 Å². The molecule has 0 aromatic carbocycles. The Morgan fingerprint density at radius 3 is 2.90 bits per heavy atom. The third-order valence-corrected chi connectivity index (χ3v) is 1.26. The molecule has 0 radical (unpaired) electrons. The minimum Gasteiger partial charge on any atom is -0.735 e. The average Bonchev–Trinajstić information content (AvgIpc) is 2.12. The molecular formula is C7H6NOS-. The van der Waals surface area contributed by atoms with Gasteiger partial charge in [-0.25, -0.2) is 0 Å². The van der Waals surface area contributed by atoms with E-state index in [4.69, 9.17) is 0 Å². The van der Waals surface area contributed by atoms with Crippen LogP contribution in [0, 0.1) is 0 Å². The van der Waals surface area contributed by atoms with Crippen LogP contribution in [-0.4, -0.2) is 5.12 Å². The summed E-state index contributed by atoms with van der Waals surface area (Å²) in [6.07, 6.45) is 8.69. The van der Waals surface area contributed by atoms with Gasteiger partial charge in [0.1, 0.15) is 0 Å². The van der Waals surface area contributed by atoms with Gasteiger partial charge in [0.05, 0.1) is 10.8 Å². The first-order chi connectivity index (χ1) is 4.80. The van der Waals surface area contributed by atoms with Gasteiger partial charge in [-0.15, -0.1) is 0 Å². The lowest BCUT2D eigenvalue weighted by atomic mass is 10.4. The van der Waals surface area contributed by atoms with Crippen LogP contribution in [0.15, 0.2) is 36.2 Å². The van der Waals surface area contributed by atoms with Crippen molar-refractivity contribution >= 4 is 17.7 Å². The molecule has 1 rings (SSSR count). The number of hydrogen-bond donors (Lipinski definition) is 1. The molecule has 2 nitrogen and oxygen atoms in total. The summed E-state index contributed by atoms with van der Waals surface area (Å²) in [7, 11) is 0. The van der Waals surface area contributed by atoms with Crippen molar-refractivity contribution in [2.75, 3.05) is 0 Å². The van der Waals surface area contributed by atoms with Crippen molar-refractivity contribution < 1.29 is 4.79 Å². The summed E-state index contributed by atoms with van der Waals surface area (Å²) >= 11 is 4.42. The molecule has 0 saturated heterocycles. The van der Waals surface area contributed by atoms with Gasteiger partial charge in [-0.05, 0) is 12.2 Å². The van der Waals surface area contributed by atoms with Crippen molar-refractivity contribution in [2.45, 2.75) is 0 Å². The van der Waals surface area contributed by atoms with E-state index in [1.165, 1.54) is 0 Å². The zero-order valence-corrected chi connectivity index (χ0v) is 6.02. The van der Waals surface area contributed by atoms with Gasteiger partial charge in [0, 0.05) is 6.20 Å². The molecule has 1 N–H and O–H groups in total. The Hall–Kier alpha value is -1.09. The van der Waals surface area contributed by atoms with E-state index in [9.17, 15) is 4.79 Å². The van der Waals surface area contributed by atoms with E-state index >= 15 is 0 Å². The first kappa shape index (κ1) is 7.02. The molecule has 0 aromatic heterocycles. The fraction of sp³-hybridized carbons (Fsp3) is 0. The third kappa shape index (κ3) is 1.70. The number of allylic oxidation sites excluding steroid dienone is 4. The Morgan fingerprint density at radius 2 is 2.20 bits per heavy atom. The van der Waals surface area contributed by atoms with E-state index in [1.54, 1.807) is 24.4 Å². The lowest BCUT2D eigenvalue weighted by Gasteiger charge is -2.06. The molecule has 1 aliphatic rings. The molecule has 0 unspecified atom stereocenters. The summed E-state index contributed by atoms with van der Waals surface area (Å²) in [4.78, 5) is 10.6. The number of hydrogen-bond acceptors (Lipinski definition) is 3. The Bertz CT molecular complexity index is 228. The van der Waals surface area contributed by atoms with E-state index in [-0.39, 0.29) is 5.12 Å². The van der Waals surface area contributed by atoms with Gasteiger partial charge < -0.3 is 22.7 Å². The average molecular weight is 152 g/mol. The van der Waals surface area contributed by atoms with E-state index in [2.05, 4.69) is 17.9 Å². The van der Waals surface area contributed by atoms with E-state index in [0.29, 0.717) is 5.70 Å². The normalized spacial score (nSPS) is 15.4. The molecule has 0 amide bonds. The molecule has 0 saturated carbocycles. The second-order valence-electron chi connectivity index (χ2n) is 1.76. The Morgan fingerprint density at radius 1 is 1.40 bits per heavy atom. The SMILES string of the molecule is O=C([S-])C1=CC=CC=CN1. The van der Waals surface area contributed by atoms with Crippen LogP contribution in [0.1, 0.15) is 0 Å². The second kappa shape index (κ2) is 3.17. The van der Waals surface area contributed by atoms with Crippen molar-refractivity contribution in [3.05, 3.63) is 36.2 Å². The standard InChI is InChI=1S/C7H7NOS/c9-7(10)6-4-2-1-3-5-8-6/h1-5,8H,(H,9,10)/p-1. The van der Waals surface area contributed by atoms with Crippen LogP contribution in [-0.2, 0) is 17.4 Å². The largest absolute Gasteiger partial charge is 0.735 e. The van der Waals surface area contributed by atoms with Crippen LogP contribution in [0.2, 0.25) is 0 Å². The molecular weight excluding hydrogens is 146 g/mol. The maximum absolute atomic E-state index is 10.6. The summed E-state index contributed by atoms with van der Waals surface area (Å²) in [5, 5.41) is 2.38. The van der Waals surface area contributed by atoms with E-state index in [0.717, 1.165) is 0 Å². The molecule has 3 heteroatoms. The van der Waals surface area contributed by atoms with Crippen molar-refractivity contribution in [1.29, 1.82) is 0 Å². The molecule has 0 aliphatic carbocycles. The molecule has 0 spiro atoms. The van der Waals surface area contributed by atoms with Gasteiger partial charge in [0.15, 0.2) is 0 Å². The summed E-state index contributed by atoms with van der Waals surface area (Å²) < 4.78 is 0. The molecule has 0 atom stereocenters. The topological polar surface area (TPSA) is 29.1 Å². The first-order valence-corrected chi connectivity index (χ1v) is 3.23. The summed E-state index contributed by atoms with van der Waals surface area (Å²) in [6, 6.07) is 0. The van der Waals surface area contributed by atoms with Crippen LogP contribution in [0.5, 0.6) is 0 Å². The second-order valence-corrected chi connectivity index (χ2v) is 2.13. The highest BCUT2D eigenvalue weighted by Crippen LogP contribution is 1.95. The number of rotatable bonds is 1. The van der Waals surface area contributed by atoms with Crippen LogP contribution >= 0.6 is 0 Å². The van der Waals surface area contributed by atoms with Gasteiger partial charge in [0.2, 0.25) is 0 Å². The molecule has 10 heavy (non-hydrogen) atoms. The zero-order valence-electron chi connectivity index (χ0n) is 5.20. The number of nitrogens with one attached hydrogen (secondary N) is 1. The lowest BCUT2D eigenvalue weighted by Crippen LogP contribution is -2.11. The fourth-order valence-corrected chi connectivity index (χ4v) is 0.711. The van der Waals surface area contributed by atoms with Gasteiger partial charge in [-0.1, -0.05) is 12.2 Å². The molecule has 1 heterocycles. The van der Waals surface area contributed by atoms with Gasteiger partial charge >= 0.3 is 0 Å². The maximum atomic E-state index is 10.6. The van der Waals surface area contributed by atoms with E-state index < -0.39 is 0 Å². The Balaban J connectivity index is 2.78. The van der Waals surface area contributed by atoms with Crippen LogP contribution < -0.4 is 5.32 Å². The van der Waals surface area contributed by atoms with Crippen molar-refractivity contribution in [2.24, 2.45) is 0 Å². The highest BCUT2D eigenvalue weighted by molar-refractivity contribution is 7.77. The molecule has 0 fully saturated rings. The maximum Gasteiger partial charge on any atom is 0.0586 e. The Labute approximate surface area is 64.7 Å². The Kier molecular flexibility index (Phi) is 2.23. The first-order valence-electron chi connectivity index (χ1n) is 2.82. The minimum atomic E-state index is -0.365. The van der Waals surface area contributed by atoms with Crippen molar-refractivity contribution in [3.63, 3.8) is 0 Å². The smallest absolute Gasteiger partial charge is 0.0586 e. The summed E-state index contributed by atoms with van der Waals surface area (Å²) in [5.41, 5.74) is 0.444. The molecule has 52 valence electrons. The predicted molar refractivity (Wildman–Crippen MR) is 41.9 cm³/mol. The quantitative estimate of drug-likeness (QED) is 0.558. The van der Waals surface area contributed by atoms with Gasteiger partial charge in [-0.2, -0.15) is 0 Å². The number of carbonyl (C=O) groups is 1. The highest BCUT2D eigenvalue weighted by Gasteiger charge is 1.91. The van der Waals surface area contributed by atoms with Gasteiger partial charge in [-0.3, -0.25) is 0 Å². The van der Waals surface area contributed by atoms with Crippen molar-refractivity contribution in [3.8, 4) is 0 Å². The van der Waals surface area contributed by atoms with Crippen LogP contribution in [0.25, 0.3) is 0 Å².